The van der Waals surface area contributed by atoms with Crippen molar-refractivity contribution in [2.75, 3.05) is 12.8 Å². The number of amides is 1. The summed E-state index contributed by atoms with van der Waals surface area (Å²) in [7, 11) is 1.75. The quantitative estimate of drug-likeness (QED) is 0.446. The number of allylic oxidation sites excluding steroid dienone is 1. The molecule has 3 aromatic rings. The summed E-state index contributed by atoms with van der Waals surface area (Å²) < 4.78 is 12.8. The van der Waals surface area contributed by atoms with Gasteiger partial charge in [0, 0.05) is 13.6 Å². The lowest BCUT2D eigenvalue weighted by Crippen LogP contribution is -2.27. The molecule has 0 unspecified atom stereocenters. The van der Waals surface area contributed by atoms with Crippen LogP contribution in [0.2, 0.25) is 0 Å². The number of furan rings is 2. The Morgan fingerprint density at radius 3 is 2.88 bits per heavy atom. The number of carbonyl (C=O) groups excluding carboxylic acids is 1. The smallest absolute Gasteiger partial charge is 0.233 e. The molecular weight excluding hydrogens is 352 g/mol. The average Bonchev–Trinajstić information content (AvgIpc) is 3.34. The van der Waals surface area contributed by atoms with E-state index >= 15 is 0 Å². The first-order valence-corrected chi connectivity index (χ1v) is 9.07. The minimum absolute atomic E-state index is 0.0169. The molecule has 0 aliphatic heterocycles. The highest BCUT2D eigenvalue weighted by atomic mass is 32.2. The standard InChI is InChI=1S/C18H20N4O3S/c1-4-9-22-17(15-6-5-10-24-15)19-20-18(22)26-12-16(23)21(3)11-14-8-7-13(2)25-14/h4-8,10H,1,9,11-12H2,2-3H3. The molecule has 3 aromatic heterocycles. The molecule has 0 saturated heterocycles. The Kier molecular flexibility index (Phi) is 5.62. The number of hydrogen-bond donors (Lipinski definition) is 0. The topological polar surface area (TPSA) is 77.3 Å². The molecule has 0 radical (unpaired) electrons. The summed E-state index contributed by atoms with van der Waals surface area (Å²) in [6.07, 6.45) is 3.34. The molecule has 26 heavy (non-hydrogen) atoms. The van der Waals surface area contributed by atoms with E-state index in [-0.39, 0.29) is 11.7 Å². The highest BCUT2D eigenvalue weighted by molar-refractivity contribution is 7.99. The summed E-state index contributed by atoms with van der Waals surface area (Å²) in [5.74, 6) is 3.07. The fourth-order valence-electron chi connectivity index (χ4n) is 2.41. The Morgan fingerprint density at radius 2 is 2.23 bits per heavy atom. The van der Waals surface area contributed by atoms with Crippen LogP contribution in [0, 0.1) is 6.92 Å². The zero-order chi connectivity index (χ0) is 18.5. The van der Waals surface area contributed by atoms with Crippen molar-refractivity contribution in [3.05, 3.63) is 54.7 Å². The number of aryl methyl sites for hydroxylation is 1. The van der Waals surface area contributed by atoms with Gasteiger partial charge in [-0.15, -0.1) is 16.8 Å². The molecule has 3 heterocycles. The third-order valence-corrected chi connectivity index (χ3v) is 4.66. The Bertz CT molecular complexity index is 882. The maximum absolute atomic E-state index is 12.4. The molecule has 0 aliphatic rings. The van der Waals surface area contributed by atoms with Gasteiger partial charge in [0.15, 0.2) is 10.9 Å². The zero-order valence-corrected chi connectivity index (χ0v) is 15.5. The average molecular weight is 372 g/mol. The minimum atomic E-state index is -0.0169. The predicted molar refractivity (Wildman–Crippen MR) is 98.6 cm³/mol. The molecule has 8 heteroatoms. The van der Waals surface area contributed by atoms with Crippen molar-refractivity contribution in [2.45, 2.75) is 25.2 Å². The summed E-state index contributed by atoms with van der Waals surface area (Å²) in [4.78, 5) is 14.0. The molecule has 136 valence electrons. The van der Waals surface area contributed by atoms with Gasteiger partial charge in [-0.25, -0.2) is 0 Å². The summed E-state index contributed by atoms with van der Waals surface area (Å²) in [6.45, 7) is 6.61. The molecule has 0 saturated carbocycles. The van der Waals surface area contributed by atoms with Crippen LogP contribution in [0.5, 0.6) is 0 Å². The highest BCUT2D eigenvalue weighted by Gasteiger charge is 2.18. The van der Waals surface area contributed by atoms with Crippen molar-refractivity contribution < 1.29 is 13.6 Å². The molecule has 7 nitrogen and oxygen atoms in total. The van der Waals surface area contributed by atoms with Gasteiger partial charge >= 0.3 is 0 Å². The van der Waals surface area contributed by atoms with Gasteiger partial charge in [-0.3, -0.25) is 9.36 Å². The van der Waals surface area contributed by atoms with Gasteiger partial charge in [0.05, 0.1) is 18.6 Å². The molecule has 0 N–H and O–H groups in total. The second kappa shape index (κ2) is 8.09. The number of hydrogen-bond acceptors (Lipinski definition) is 6. The second-order valence-electron chi connectivity index (χ2n) is 5.73. The lowest BCUT2D eigenvalue weighted by molar-refractivity contribution is -0.127. The third kappa shape index (κ3) is 4.08. The van der Waals surface area contributed by atoms with E-state index in [4.69, 9.17) is 8.83 Å². The first-order chi connectivity index (χ1) is 12.6. The minimum Gasteiger partial charge on any atom is -0.464 e. The molecule has 1 amide bonds. The predicted octanol–water partition coefficient (Wildman–Crippen LogP) is 3.38. The number of thioether (sulfide) groups is 1. The Morgan fingerprint density at radius 1 is 1.38 bits per heavy atom. The number of rotatable bonds is 8. The fourth-order valence-corrected chi connectivity index (χ4v) is 3.29. The van der Waals surface area contributed by atoms with Gasteiger partial charge in [-0.05, 0) is 31.2 Å². The molecule has 0 aliphatic carbocycles. The van der Waals surface area contributed by atoms with Crippen molar-refractivity contribution in [1.29, 1.82) is 0 Å². The van der Waals surface area contributed by atoms with Crippen molar-refractivity contribution in [2.24, 2.45) is 0 Å². The summed E-state index contributed by atoms with van der Waals surface area (Å²) in [5.41, 5.74) is 0. The van der Waals surface area contributed by atoms with Crippen molar-refractivity contribution in [3.63, 3.8) is 0 Å². The lowest BCUT2D eigenvalue weighted by atomic mass is 10.4. The molecule has 0 atom stereocenters. The van der Waals surface area contributed by atoms with E-state index in [1.807, 2.05) is 29.7 Å². The normalized spacial score (nSPS) is 10.8. The van der Waals surface area contributed by atoms with Crippen LogP contribution in [-0.4, -0.2) is 38.4 Å². The molecule has 0 fully saturated rings. The number of nitrogens with zero attached hydrogens (tertiary/aromatic N) is 4. The van der Waals surface area contributed by atoms with E-state index in [1.54, 1.807) is 30.4 Å². The van der Waals surface area contributed by atoms with Crippen molar-refractivity contribution >= 4 is 17.7 Å². The Labute approximate surface area is 155 Å². The Hall–Kier alpha value is -2.74. The van der Waals surface area contributed by atoms with Crippen molar-refractivity contribution in [1.82, 2.24) is 19.7 Å². The van der Waals surface area contributed by atoms with E-state index in [0.29, 0.717) is 29.8 Å². The molecular formula is C18H20N4O3S. The van der Waals surface area contributed by atoms with E-state index in [9.17, 15) is 4.79 Å². The van der Waals surface area contributed by atoms with E-state index in [2.05, 4.69) is 16.8 Å². The van der Waals surface area contributed by atoms with Crippen LogP contribution in [0.15, 0.2) is 57.2 Å². The third-order valence-electron chi connectivity index (χ3n) is 3.71. The second-order valence-corrected chi connectivity index (χ2v) is 6.68. The van der Waals surface area contributed by atoms with Crippen LogP contribution < -0.4 is 0 Å². The van der Waals surface area contributed by atoms with Crippen LogP contribution in [0.3, 0.4) is 0 Å². The maximum atomic E-state index is 12.4. The van der Waals surface area contributed by atoms with Crippen LogP contribution in [0.4, 0.5) is 0 Å². The molecule has 0 bridgehead atoms. The van der Waals surface area contributed by atoms with Gasteiger partial charge in [-0.1, -0.05) is 17.8 Å². The van der Waals surface area contributed by atoms with Gasteiger partial charge in [0.1, 0.15) is 11.5 Å². The largest absolute Gasteiger partial charge is 0.464 e. The first kappa shape index (κ1) is 18.1. The SMILES string of the molecule is C=CCn1c(SCC(=O)N(C)Cc2ccc(C)o2)nnc1-c1ccco1. The molecule has 0 spiro atoms. The molecule has 3 rings (SSSR count). The summed E-state index contributed by atoms with van der Waals surface area (Å²) in [5, 5.41) is 9.01. The first-order valence-electron chi connectivity index (χ1n) is 8.08. The van der Waals surface area contributed by atoms with Gasteiger partial charge in [0.25, 0.3) is 0 Å². The van der Waals surface area contributed by atoms with E-state index < -0.39 is 0 Å². The Balaban J connectivity index is 1.65. The van der Waals surface area contributed by atoms with Crippen LogP contribution in [0.25, 0.3) is 11.6 Å². The fraction of sp³-hybridized carbons (Fsp3) is 0.278. The summed E-state index contributed by atoms with van der Waals surface area (Å²) >= 11 is 1.34. The van der Waals surface area contributed by atoms with Gasteiger partial charge in [0.2, 0.25) is 11.7 Å². The van der Waals surface area contributed by atoms with E-state index in [0.717, 1.165) is 11.5 Å². The van der Waals surface area contributed by atoms with Gasteiger partial charge < -0.3 is 13.7 Å². The zero-order valence-electron chi connectivity index (χ0n) is 14.7. The lowest BCUT2D eigenvalue weighted by Gasteiger charge is -2.15. The van der Waals surface area contributed by atoms with Gasteiger partial charge in [-0.2, -0.15) is 0 Å². The monoisotopic (exact) mass is 372 g/mol. The van der Waals surface area contributed by atoms with Crippen LogP contribution in [-0.2, 0) is 17.9 Å². The van der Waals surface area contributed by atoms with Crippen molar-refractivity contribution in [3.8, 4) is 11.6 Å². The number of carbonyl (C=O) groups is 1. The highest BCUT2D eigenvalue weighted by Crippen LogP contribution is 2.24. The van der Waals surface area contributed by atoms with Crippen LogP contribution >= 0.6 is 11.8 Å². The maximum Gasteiger partial charge on any atom is 0.233 e. The van der Waals surface area contributed by atoms with Crippen LogP contribution in [0.1, 0.15) is 11.5 Å². The van der Waals surface area contributed by atoms with E-state index in [1.165, 1.54) is 11.8 Å². The summed E-state index contributed by atoms with van der Waals surface area (Å²) in [6, 6.07) is 7.38. The molecule has 0 aromatic carbocycles. The number of aromatic nitrogens is 3.